The maximum atomic E-state index is 13.3. The van der Waals surface area contributed by atoms with Crippen LogP contribution in [0.2, 0.25) is 0 Å². The molecular formula is C23H21NO4S. The standard InChI is InChI=1S/C23H21NO4S/c1-28-23(25)22-15-14-18(21-13-7-9-17-8-5-6-12-20(17)21)16-24(22)29(26,27)19-10-3-2-4-11-19/h2-14,22H,15-16H2,1H3. The van der Waals surface area contributed by atoms with Crippen molar-refractivity contribution in [3.05, 3.63) is 84.4 Å². The fraction of sp³-hybridized carbons (Fsp3) is 0.174. The molecule has 5 nitrogen and oxygen atoms in total. The van der Waals surface area contributed by atoms with E-state index in [9.17, 15) is 13.2 Å². The molecule has 0 saturated carbocycles. The first-order valence-corrected chi connectivity index (χ1v) is 10.8. The van der Waals surface area contributed by atoms with E-state index in [4.69, 9.17) is 4.74 Å². The third-order valence-electron chi connectivity index (χ3n) is 5.22. The quantitative estimate of drug-likeness (QED) is 0.616. The maximum Gasteiger partial charge on any atom is 0.324 e. The van der Waals surface area contributed by atoms with Crippen molar-refractivity contribution in [3.63, 3.8) is 0 Å². The molecule has 1 heterocycles. The molecule has 0 saturated heterocycles. The van der Waals surface area contributed by atoms with Crippen LogP contribution in [0.4, 0.5) is 0 Å². The third kappa shape index (κ3) is 3.57. The molecule has 0 aromatic heterocycles. The highest BCUT2D eigenvalue weighted by Gasteiger charge is 2.39. The SMILES string of the molecule is COC(=O)C1CC=C(c2cccc3ccccc23)CN1S(=O)(=O)c1ccccc1. The van der Waals surface area contributed by atoms with Crippen molar-refractivity contribution in [1.82, 2.24) is 4.31 Å². The largest absolute Gasteiger partial charge is 0.468 e. The Balaban J connectivity index is 1.80. The average molecular weight is 407 g/mol. The minimum Gasteiger partial charge on any atom is -0.468 e. The van der Waals surface area contributed by atoms with Gasteiger partial charge in [-0.2, -0.15) is 4.31 Å². The molecular weight excluding hydrogens is 386 g/mol. The second-order valence-corrected chi connectivity index (χ2v) is 8.78. The molecule has 1 aliphatic heterocycles. The predicted octanol–water partition coefficient (Wildman–Crippen LogP) is 3.86. The summed E-state index contributed by atoms with van der Waals surface area (Å²) in [5.74, 6) is -0.558. The summed E-state index contributed by atoms with van der Waals surface area (Å²) in [7, 11) is -2.59. The molecule has 3 aromatic carbocycles. The van der Waals surface area contributed by atoms with Crippen LogP contribution in [0.15, 0.2) is 83.8 Å². The van der Waals surface area contributed by atoms with Gasteiger partial charge in [-0.15, -0.1) is 0 Å². The number of rotatable bonds is 4. The summed E-state index contributed by atoms with van der Waals surface area (Å²) in [6.07, 6.45) is 2.21. The second-order valence-electron chi connectivity index (χ2n) is 6.89. The Morgan fingerprint density at radius 3 is 2.41 bits per heavy atom. The Labute approximate surface area is 170 Å². The average Bonchev–Trinajstić information content (AvgIpc) is 2.78. The maximum absolute atomic E-state index is 13.3. The molecule has 1 atom stereocenters. The summed E-state index contributed by atoms with van der Waals surface area (Å²) in [5.41, 5.74) is 1.85. The number of methoxy groups -OCH3 is 1. The van der Waals surface area contributed by atoms with Crippen molar-refractivity contribution >= 4 is 32.3 Å². The number of benzene rings is 3. The molecule has 6 heteroatoms. The lowest BCUT2D eigenvalue weighted by atomic mass is 9.94. The van der Waals surface area contributed by atoms with Crippen LogP contribution in [-0.2, 0) is 19.6 Å². The minimum absolute atomic E-state index is 0.102. The molecule has 0 amide bonds. The minimum atomic E-state index is -3.87. The summed E-state index contributed by atoms with van der Waals surface area (Å²) < 4.78 is 32.8. The van der Waals surface area contributed by atoms with Gasteiger partial charge in [0.15, 0.2) is 0 Å². The Morgan fingerprint density at radius 2 is 1.66 bits per heavy atom. The van der Waals surface area contributed by atoms with E-state index in [0.717, 1.165) is 21.9 Å². The Morgan fingerprint density at radius 1 is 0.966 bits per heavy atom. The molecule has 148 valence electrons. The molecule has 0 radical (unpaired) electrons. The summed E-state index contributed by atoms with van der Waals surface area (Å²) in [5, 5.41) is 2.13. The first kappa shape index (κ1) is 19.4. The van der Waals surface area contributed by atoms with E-state index in [0.29, 0.717) is 0 Å². The van der Waals surface area contributed by atoms with Crippen molar-refractivity contribution < 1.29 is 17.9 Å². The van der Waals surface area contributed by atoms with E-state index in [-0.39, 0.29) is 17.9 Å². The fourth-order valence-corrected chi connectivity index (χ4v) is 5.33. The highest BCUT2D eigenvalue weighted by Crippen LogP contribution is 2.33. The van der Waals surface area contributed by atoms with Crippen molar-refractivity contribution in [2.45, 2.75) is 17.4 Å². The summed E-state index contributed by atoms with van der Waals surface area (Å²) >= 11 is 0. The Kier molecular flexibility index (Phi) is 5.22. The number of sulfonamides is 1. The molecule has 1 aliphatic rings. The van der Waals surface area contributed by atoms with Gasteiger partial charge in [0.25, 0.3) is 0 Å². The van der Waals surface area contributed by atoms with Gasteiger partial charge < -0.3 is 4.74 Å². The third-order valence-corrected chi connectivity index (χ3v) is 7.09. The first-order chi connectivity index (χ1) is 14.0. The number of esters is 1. The fourth-order valence-electron chi connectivity index (χ4n) is 3.74. The van der Waals surface area contributed by atoms with Crippen LogP contribution < -0.4 is 0 Å². The number of ether oxygens (including phenoxy) is 1. The van der Waals surface area contributed by atoms with Crippen LogP contribution >= 0.6 is 0 Å². The van der Waals surface area contributed by atoms with Gasteiger partial charge in [0, 0.05) is 6.54 Å². The van der Waals surface area contributed by atoms with Crippen molar-refractivity contribution in [1.29, 1.82) is 0 Å². The first-order valence-electron chi connectivity index (χ1n) is 9.34. The van der Waals surface area contributed by atoms with Gasteiger partial charge in [-0.3, -0.25) is 4.79 Å². The lowest BCUT2D eigenvalue weighted by Gasteiger charge is -2.33. The number of hydrogen-bond donors (Lipinski definition) is 0. The number of hydrogen-bond acceptors (Lipinski definition) is 4. The van der Waals surface area contributed by atoms with E-state index in [1.807, 2.05) is 48.5 Å². The lowest BCUT2D eigenvalue weighted by molar-refractivity contribution is -0.145. The van der Waals surface area contributed by atoms with Gasteiger partial charge in [0.2, 0.25) is 10.0 Å². The van der Waals surface area contributed by atoms with Gasteiger partial charge in [0.1, 0.15) is 6.04 Å². The smallest absolute Gasteiger partial charge is 0.324 e. The van der Waals surface area contributed by atoms with Crippen molar-refractivity contribution in [3.8, 4) is 0 Å². The molecule has 1 unspecified atom stereocenters. The van der Waals surface area contributed by atoms with Crippen LogP contribution in [0.25, 0.3) is 16.3 Å². The highest BCUT2D eigenvalue weighted by molar-refractivity contribution is 7.89. The molecule has 0 spiro atoms. The highest BCUT2D eigenvalue weighted by atomic mass is 32.2. The van der Waals surface area contributed by atoms with E-state index < -0.39 is 22.0 Å². The van der Waals surface area contributed by atoms with Crippen LogP contribution in [0.3, 0.4) is 0 Å². The summed E-state index contributed by atoms with van der Waals surface area (Å²) in [6, 6.07) is 21.3. The normalized spacial score (nSPS) is 17.7. The molecule has 3 aromatic rings. The Bertz CT molecular complexity index is 1180. The zero-order valence-corrected chi connectivity index (χ0v) is 16.8. The van der Waals surface area contributed by atoms with E-state index in [1.54, 1.807) is 30.3 Å². The van der Waals surface area contributed by atoms with Crippen molar-refractivity contribution in [2.24, 2.45) is 0 Å². The molecule has 0 fully saturated rings. The van der Waals surface area contributed by atoms with E-state index in [1.165, 1.54) is 11.4 Å². The van der Waals surface area contributed by atoms with Crippen LogP contribution in [-0.4, -0.2) is 38.4 Å². The molecule has 0 bridgehead atoms. The zero-order chi connectivity index (χ0) is 20.4. The molecule has 0 aliphatic carbocycles. The van der Waals surface area contributed by atoms with E-state index in [2.05, 4.69) is 0 Å². The van der Waals surface area contributed by atoms with Gasteiger partial charge in [-0.05, 0) is 40.5 Å². The molecule has 0 N–H and O–H groups in total. The van der Waals surface area contributed by atoms with Crippen molar-refractivity contribution in [2.75, 3.05) is 13.7 Å². The van der Waals surface area contributed by atoms with Gasteiger partial charge in [-0.25, -0.2) is 8.42 Å². The number of nitrogens with zero attached hydrogens (tertiary/aromatic N) is 1. The molecule has 4 rings (SSSR count). The predicted molar refractivity (Wildman–Crippen MR) is 113 cm³/mol. The van der Waals surface area contributed by atoms with Gasteiger partial charge >= 0.3 is 5.97 Å². The second kappa shape index (κ2) is 7.81. The topological polar surface area (TPSA) is 63.7 Å². The Hall–Kier alpha value is -2.96. The van der Waals surface area contributed by atoms with Gasteiger partial charge in [0.05, 0.1) is 12.0 Å². The van der Waals surface area contributed by atoms with Crippen LogP contribution in [0.5, 0.6) is 0 Å². The summed E-state index contributed by atoms with van der Waals surface area (Å²) in [4.78, 5) is 12.5. The zero-order valence-electron chi connectivity index (χ0n) is 16.0. The van der Waals surface area contributed by atoms with Crippen LogP contribution in [0, 0.1) is 0 Å². The lowest BCUT2D eigenvalue weighted by Crippen LogP contribution is -2.47. The van der Waals surface area contributed by atoms with E-state index >= 15 is 0 Å². The monoisotopic (exact) mass is 407 g/mol. The number of carbonyl (C=O) groups excluding carboxylic acids is 1. The number of fused-ring (bicyclic) bond motifs is 1. The number of carbonyl (C=O) groups is 1. The molecule has 29 heavy (non-hydrogen) atoms. The van der Waals surface area contributed by atoms with Crippen LogP contribution in [0.1, 0.15) is 12.0 Å². The summed E-state index contributed by atoms with van der Waals surface area (Å²) in [6.45, 7) is 0.102. The van der Waals surface area contributed by atoms with Gasteiger partial charge in [-0.1, -0.05) is 66.7 Å².